The molecule has 1 aromatic rings. The summed E-state index contributed by atoms with van der Waals surface area (Å²) in [7, 11) is 0. The minimum Gasteiger partial charge on any atom is -0.381 e. The lowest BCUT2D eigenvalue weighted by Crippen LogP contribution is -2.31. The van der Waals surface area contributed by atoms with Crippen molar-refractivity contribution < 1.29 is 9.66 Å². The Kier molecular flexibility index (Phi) is 5.32. The van der Waals surface area contributed by atoms with Crippen molar-refractivity contribution in [3.05, 3.63) is 22.2 Å². The van der Waals surface area contributed by atoms with Gasteiger partial charge >= 0.3 is 0 Å². The molecule has 0 aromatic carbocycles. The summed E-state index contributed by atoms with van der Waals surface area (Å²) in [5.74, 6) is 1.56. The van der Waals surface area contributed by atoms with Crippen molar-refractivity contribution in [2.24, 2.45) is 5.92 Å². The van der Waals surface area contributed by atoms with E-state index in [1.165, 1.54) is 12.1 Å². The molecule has 7 heteroatoms. The molecule has 1 aliphatic heterocycles. The van der Waals surface area contributed by atoms with Crippen LogP contribution in [0.3, 0.4) is 0 Å². The van der Waals surface area contributed by atoms with Gasteiger partial charge in [0.1, 0.15) is 11.6 Å². The number of hydrogen-bond donors (Lipinski definition) is 2. The van der Waals surface area contributed by atoms with Crippen molar-refractivity contribution >= 4 is 17.3 Å². The van der Waals surface area contributed by atoms with Crippen LogP contribution in [0.25, 0.3) is 0 Å². The molecule has 0 amide bonds. The van der Waals surface area contributed by atoms with E-state index in [-0.39, 0.29) is 11.7 Å². The van der Waals surface area contributed by atoms with E-state index in [1.54, 1.807) is 0 Å². The third-order valence-electron chi connectivity index (χ3n) is 3.73. The maximum Gasteiger partial charge on any atom is 0.276 e. The third kappa shape index (κ3) is 4.29. The van der Waals surface area contributed by atoms with Crippen LogP contribution < -0.4 is 10.6 Å². The topological polar surface area (TPSA) is 89.3 Å². The van der Waals surface area contributed by atoms with Crippen LogP contribution >= 0.6 is 0 Å². The molecular weight excluding hydrogens is 272 g/mol. The van der Waals surface area contributed by atoms with Gasteiger partial charge in [-0.15, -0.1) is 0 Å². The predicted molar refractivity (Wildman–Crippen MR) is 81.7 cm³/mol. The monoisotopic (exact) mass is 294 g/mol. The van der Waals surface area contributed by atoms with Gasteiger partial charge in [-0.1, -0.05) is 0 Å². The average Bonchev–Trinajstić information content (AvgIpc) is 2.48. The van der Waals surface area contributed by atoms with Crippen molar-refractivity contribution in [3.8, 4) is 0 Å². The molecule has 1 unspecified atom stereocenters. The van der Waals surface area contributed by atoms with Crippen molar-refractivity contribution in [3.63, 3.8) is 0 Å². The Hall–Kier alpha value is -1.89. The van der Waals surface area contributed by atoms with Crippen LogP contribution in [0.1, 0.15) is 26.7 Å². The van der Waals surface area contributed by atoms with Gasteiger partial charge in [0.2, 0.25) is 0 Å². The van der Waals surface area contributed by atoms with Crippen molar-refractivity contribution in [2.75, 3.05) is 30.4 Å². The summed E-state index contributed by atoms with van der Waals surface area (Å²) in [5.41, 5.74) is 0.0441. The molecule has 2 N–H and O–H groups in total. The Balaban J connectivity index is 2.11. The number of hydrogen-bond acceptors (Lipinski definition) is 6. The fourth-order valence-corrected chi connectivity index (χ4v) is 2.53. The summed E-state index contributed by atoms with van der Waals surface area (Å²) < 4.78 is 5.36. The Morgan fingerprint density at radius 3 is 2.71 bits per heavy atom. The molecule has 0 spiro atoms. The first-order valence-electron chi connectivity index (χ1n) is 7.34. The van der Waals surface area contributed by atoms with E-state index in [0.29, 0.717) is 24.1 Å². The number of anilines is 2. The smallest absolute Gasteiger partial charge is 0.276 e. The molecule has 0 radical (unpaired) electrons. The lowest BCUT2D eigenvalue weighted by atomic mass is 9.93. The van der Waals surface area contributed by atoms with Crippen LogP contribution in [-0.2, 0) is 4.74 Å². The number of aromatic nitrogens is 1. The fraction of sp³-hybridized carbons (Fsp3) is 0.643. The molecule has 0 saturated carbocycles. The zero-order chi connectivity index (χ0) is 15.2. The standard InChI is InChI=1S/C14H22N4O3/c1-3-15-13-8-12(18(19)20)9-14(17-13)16-10(2)11-4-6-21-7-5-11/h8-11H,3-7H2,1-2H3,(H2,15,16,17). The molecule has 1 atom stereocenters. The maximum absolute atomic E-state index is 11.0. The highest BCUT2D eigenvalue weighted by Gasteiger charge is 2.21. The maximum atomic E-state index is 11.0. The minimum atomic E-state index is -0.396. The van der Waals surface area contributed by atoms with E-state index in [1.807, 2.05) is 6.92 Å². The molecule has 0 bridgehead atoms. The largest absolute Gasteiger partial charge is 0.381 e. The van der Waals surface area contributed by atoms with Gasteiger partial charge in [0.25, 0.3) is 5.69 Å². The van der Waals surface area contributed by atoms with E-state index in [2.05, 4.69) is 22.5 Å². The number of nitrogens with zero attached hydrogens (tertiary/aromatic N) is 2. The predicted octanol–water partition coefficient (Wildman–Crippen LogP) is 2.65. The SMILES string of the molecule is CCNc1cc([N+](=O)[O-])cc(NC(C)C2CCOCC2)n1. The molecule has 1 aliphatic rings. The molecule has 1 aromatic heterocycles. The van der Waals surface area contributed by atoms with Gasteiger partial charge in [-0.25, -0.2) is 4.98 Å². The highest BCUT2D eigenvalue weighted by atomic mass is 16.6. The molecule has 1 fully saturated rings. The van der Waals surface area contributed by atoms with Crippen LogP contribution in [-0.4, -0.2) is 35.7 Å². The zero-order valence-electron chi connectivity index (χ0n) is 12.5. The lowest BCUT2D eigenvalue weighted by molar-refractivity contribution is -0.384. The molecule has 21 heavy (non-hydrogen) atoms. The van der Waals surface area contributed by atoms with E-state index in [0.717, 1.165) is 26.1 Å². The third-order valence-corrected chi connectivity index (χ3v) is 3.73. The quantitative estimate of drug-likeness (QED) is 0.619. The highest BCUT2D eigenvalue weighted by Crippen LogP contribution is 2.24. The summed E-state index contributed by atoms with van der Waals surface area (Å²) in [4.78, 5) is 15.0. The van der Waals surface area contributed by atoms with Gasteiger partial charge in [-0.2, -0.15) is 0 Å². The van der Waals surface area contributed by atoms with Crippen LogP contribution in [0.4, 0.5) is 17.3 Å². The summed E-state index contributed by atoms with van der Waals surface area (Å²) in [5, 5.41) is 17.3. The first-order chi connectivity index (χ1) is 10.1. The summed E-state index contributed by atoms with van der Waals surface area (Å²) in [6.07, 6.45) is 2.01. The van der Waals surface area contributed by atoms with Crippen LogP contribution in [0, 0.1) is 16.0 Å². The van der Waals surface area contributed by atoms with Gasteiger partial charge in [0.15, 0.2) is 0 Å². The van der Waals surface area contributed by atoms with Crippen molar-refractivity contribution in [1.82, 2.24) is 4.98 Å². The molecule has 2 rings (SSSR count). The van der Waals surface area contributed by atoms with E-state index in [4.69, 9.17) is 4.74 Å². The first kappa shape index (κ1) is 15.5. The second kappa shape index (κ2) is 7.21. The van der Waals surface area contributed by atoms with Gasteiger partial charge in [0, 0.05) is 25.8 Å². The second-order valence-corrected chi connectivity index (χ2v) is 5.27. The zero-order valence-corrected chi connectivity index (χ0v) is 12.5. The Bertz CT molecular complexity index is 489. The van der Waals surface area contributed by atoms with Crippen LogP contribution in [0.2, 0.25) is 0 Å². The molecule has 2 heterocycles. The number of pyridine rings is 1. The molecule has 1 saturated heterocycles. The normalized spacial score (nSPS) is 17.2. The van der Waals surface area contributed by atoms with Gasteiger partial charge in [-0.3, -0.25) is 10.1 Å². The first-order valence-corrected chi connectivity index (χ1v) is 7.34. The van der Waals surface area contributed by atoms with Gasteiger partial charge in [0.05, 0.1) is 17.1 Å². The minimum absolute atomic E-state index is 0.0441. The highest BCUT2D eigenvalue weighted by molar-refractivity contribution is 5.55. The number of nitrogens with one attached hydrogen (secondary N) is 2. The number of ether oxygens (including phenoxy) is 1. The molecular formula is C14H22N4O3. The van der Waals surface area contributed by atoms with Crippen molar-refractivity contribution in [1.29, 1.82) is 0 Å². The van der Waals surface area contributed by atoms with Crippen LogP contribution in [0.15, 0.2) is 12.1 Å². The summed E-state index contributed by atoms with van der Waals surface area (Å²) >= 11 is 0. The van der Waals surface area contributed by atoms with E-state index < -0.39 is 4.92 Å². The Labute approximate surface area is 124 Å². The van der Waals surface area contributed by atoms with E-state index in [9.17, 15) is 10.1 Å². The van der Waals surface area contributed by atoms with Crippen LogP contribution in [0.5, 0.6) is 0 Å². The molecule has 7 nitrogen and oxygen atoms in total. The Morgan fingerprint density at radius 1 is 1.43 bits per heavy atom. The average molecular weight is 294 g/mol. The van der Waals surface area contributed by atoms with Crippen molar-refractivity contribution in [2.45, 2.75) is 32.7 Å². The van der Waals surface area contributed by atoms with E-state index >= 15 is 0 Å². The fourth-order valence-electron chi connectivity index (χ4n) is 2.53. The lowest BCUT2D eigenvalue weighted by Gasteiger charge is -2.28. The number of nitro groups is 1. The number of rotatable bonds is 6. The second-order valence-electron chi connectivity index (χ2n) is 5.27. The summed E-state index contributed by atoms with van der Waals surface area (Å²) in [6.45, 7) is 6.24. The summed E-state index contributed by atoms with van der Waals surface area (Å²) in [6, 6.07) is 3.14. The van der Waals surface area contributed by atoms with Gasteiger partial charge < -0.3 is 15.4 Å². The molecule has 0 aliphatic carbocycles. The molecule has 116 valence electrons. The Morgan fingerprint density at radius 2 is 2.10 bits per heavy atom. The van der Waals surface area contributed by atoms with Gasteiger partial charge in [-0.05, 0) is 32.6 Å².